The predicted octanol–water partition coefficient (Wildman–Crippen LogP) is -0.756. The molecule has 0 spiro atoms. The van der Waals surface area contributed by atoms with Gasteiger partial charge in [0.1, 0.15) is 5.60 Å². The van der Waals surface area contributed by atoms with Crippen molar-refractivity contribution in [2.75, 3.05) is 0 Å². The maximum Gasteiger partial charge on any atom is 1.00 e. The van der Waals surface area contributed by atoms with Crippen molar-refractivity contribution in [3.8, 4) is 0 Å². The van der Waals surface area contributed by atoms with Crippen LogP contribution in [0.1, 0.15) is 15.3 Å². The minimum absolute atomic E-state index is 0. The molecule has 0 rings (SSSR count). The second-order valence-corrected chi connectivity index (χ2v) is 4.34. The molecule has 9 heavy (non-hydrogen) atoms. The number of hydrogen-bond donors (Lipinski definition) is 1. The van der Waals surface area contributed by atoms with Gasteiger partial charge in [-0.2, -0.15) is 0 Å². The standard InChI is InChI=1S/C4H7Cl3O.K.H/c1-3(2,8)4(5,6)7;;/h8H,1-2H3;;/q;+1;-1. The maximum atomic E-state index is 8.96. The Labute approximate surface area is 114 Å². The molecule has 52 valence electrons. The Kier molecular flexibility index (Phi) is 6.98. The zero-order chi connectivity index (χ0) is 7.00. The molecule has 0 radical (unpaired) electrons. The Morgan fingerprint density at radius 2 is 1.33 bits per heavy atom. The van der Waals surface area contributed by atoms with Crippen LogP contribution in [0.5, 0.6) is 0 Å². The van der Waals surface area contributed by atoms with Crippen LogP contribution in [-0.4, -0.2) is 14.5 Å². The summed E-state index contributed by atoms with van der Waals surface area (Å²) in [5, 5.41) is 8.96. The van der Waals surface area contributed by atoms with Gasteiger partial charge in [0.25, 0.3) is 0 Å². The van der Waals surface area contributed by atoms with Crippen LogP contribution in [0.25, 0.3) is 0 Å². The van der Waals surface area contributed by atoms with E-state index in [1.54, 1.807) is 0 Å². The van der Waals surface area contributed by atoms with Crippen molar-refractivity contribution in [2.24, 2.45) is 0 Å². The number of rotatable bonds is 0. The smallest absolute Gasteiger partial charge is 1.00 e. The van der Waals surface area contributed by atoms with Gasteiger partial charge in [-0.3, -0.25) is 0 Å². The molecule has 0 aromatic carbocycles. The average Bonchev–Trinajstić information content (AvgIpc) is 1.25. The molecule has 0 amide bonds. The first-order valence-corrected chi connectivity index (χ1v) is 3.17. The fourth-order valence-corrected chi connectivity index (χ4v) is 0. The van der Waals surface area contributed by atoms with Crippen molar-refractivity contribution >= 4 is 34.8 Å². The van der Waals surface area contributed by atoms with Crippen LogP contribution < -0.4 is 51.4 Å². The molecule has 0 aliphatic rings. The van der Waals surface area contributed by atoms with Crippen LogP contribution in [-0.2, 0) is 0 Å². The second-order valence-electron chi connectivity index (χ2n) is 2.06. The molecule has 0 heterocycles. The molecule has 1 nitrogen and oxygen atoms in total. The summed E-state index contributed by atoms with van der Waals surface area (Å²) >= 11 is 15.9. The summed E-state index contributed by atoms with van der Waals surface area (Å²) < 4.78 is -1.59. The monoisotopic (exact) mass is 216 g/mol. The Bertz CT molecular complexity index is 75.5. The average molecular weight is 218 g/mol. The summed E-state index contributed by atoms with van der Waals surface area (Å²) in [4.78, 5) is 0. The SMILES string of the molecule is CC(C)(O)C(Cl)(Cl)Cl.[H-].[K+]. The number of aliphatic hydroxyl groups is 1. The summed E-state index contributed by atoms with van der Waals surface area (Å²) in [6.45, 7) is 2.86. The van der Waals surface area contributed by atoms with E-state index >= 15 is 0 Å². The van der Waals surface area contributed by atoms with E-state index in [9.17, 15) is 0 Å². The Hall–Kier alpha value is 2.47. The van der Waals surface area contributed by atoms with Crippen molar-refractivity contribution in [1.29, 1.82) is 0 Å². The summed E-state index contributed by atoms with van der Waals surface area (Å²) in [6, 6.07) is 0. The van der Waals surface area contributed by atoms with E-state index in [0.717, 1.165) is 0 Å². The van der Waals surface area contributed by atoms with Crippen LogP contribution in [0.15, 0.2) is 0 Å². The Morgan fingerprint density at radius 1 is 1.22 bits per heavy atom. The van der Waals surface area contributed by atoms with Crippen LogP contribution in [0.3, 0.4) is 0 Å². The first-order valence-electron chi connectivity index (χ1n) is 2.04. The van der Waals surface area contributed by atoms with Crippen LogP contribution in [0.2, 0.25) is 0 Å². The van der Waals surface area contributed by atoms with Crippen LogP contribution in [0.4, 0.5) is 0 Å². The quantitative estimate of drug-likeness (QED) is 0.418. The fraction of sp³-hybridized carbons (Fsp3) is 1.00. The summed E-state index contributed by atoms with van der Waals surface area (Å²) in [7, 11) is 0. The van der Waals surface area contributed by atoms with Crippen LogP contribution >= 0.6 is 34.8 Å². The van der Waals surface area contributed by atoms with E-state index in [-0.39, 0.29) is 52.8 Å². The third-order valence-corrected chi connectivity index (χ3v) is 2.08. The first-order chi connectivity index (χ1) is 3.25. The minimum Gasteiger partial charge on any atom is -1.00 e. The van der Waals surface area contributed by atoms with Gasteiger partial charge in [-0.25, -0.2) is 0 Å². The molecule has 0 saturated heterocycles. The number of hydrogen-bond acceptors (Lipinski definition) is 1. The summed E-state index contributed by atoms with van der Waals surface area (Å²) in [5.41, 5.74) is -1.27. The van der Waals surface area contributed by atoms with Gasteiger partial charge < -0.3 is 6.53 Å². The number of halogens is 3. The molecular formula is C4H8Cl3KO. The van der Waals surface area contributed by atoms with Gasteiger partial charge in [-0.15, -0.1) is 0 Å². The third kappa shape index (κ3) is 5.71. The fourth-order valence-electron chi connectivity index (χ4n) is 0. The topological polar surface area (TPSA) is 20.2 Å². The van der Waals surface area contributed by atoms with E-state index in [1.807, 2.05) is 0 Å². The molecule has 5 heteroatoms. The van der Waals surface area contributed by atoms with Gasteiger partial charge in [-0.1, -0.05) is 34.8 Å². The van der Waals surface area contributed by atoms with Crippen LogP contribution in [0, 0.1) is 0 Å². The van der Waals surface area contributed by atoms with Crippen molar-refractivity contribution in [3.05, 3.63) is 0 Å². The molecule has 1 N–H and O–H groups in total. The van der Waals surface area contributed by atoms with E-state index in [2.05, 4.69) is 0 Å². The van der Waals surface area contributed by atoms with Crippen molar-refractivity contribution in [1.82, 2.24) is 0 Å². The van der Waals surface area contributed by atoms with Gasteiger partial charge in [-0.05, 0) is 13.8 Å². The molecule has 0 aliphatic heterocycles. The van der Waals surface area contributed by atoms with Gasteiger partial charge >= 0.3 is 51.4 Å². The molecule has 0 aliphatic carbocycles. The van der Waals surface area contributed by atoms with Gasteiger partial charge in [0.05, 0.1) is 0 Å². The number of alkyl halides is 3. The molecule has 0 bridgehead atoms. The van der Waals surface area contributed by atoms with E-state index in [0.29, 0.717) is 0 Å². The summed E-state index contributed by atoms with van der Waals surface area (Å²) in [5.74, 6) is 0. The molecule has 0 aromatic rings. The van der Waals surface area contributed by atoms with Gasteiger partial charge in [0.15, 0.2) is 0 Å². The minimum atomic E-state index is -1.59. The molecule has 0 fully saturated rings. The third-order valence-electron chi connectivity index (χ3n) is 0.694. The van der Waals surface area contributed by atoms with Crippen molar-refractivity contribution < 1.29 is 57.9 Å². The second kappa shape index (κ2) is 4.48. The molecule has 0 saturated carbocycles. The van der Waals surface area contributed by atoms with Gasteiger partial charge in [0.2, 0.25) is 3.79 Å². The molecule has 0 unspecified atom stereocenters. The zero-order valence-corrected chi connectivity index (χ0v) is 11.0. The van der Waals surface area contributed by atoms with E-state index in [4.69, 9.17) is 39.9 Å². The molecular weight excluding hydrogens is 210 g/mol. The Morgan fingerprint density at radius 3 is 1.33 bits per heavy atom. The van der Waals surface area contributed by atoms with E-state index in [1.165, 1.54) is 13.8 Å². The zero-order valence-electron chi connectivity index (χ0n) is 6.58. The first kappa shape index (κ1) is 14.0. The molecule has 0 aromatic heterocycles. The van der Waals surface area contributed by atoms with Crippen molar-refractivity contribution in [2.45, 2.75) is 23.2 Å². The molecule has 0 atom stereocenters. The van der Waals surface area contributed by atoms with Crippen molar-refractivity contribution in [3.63, 3.8) is 0 Å². The largest absolute Gasteiger partial charge is 1.00 e. The maximum absolute atomic E-state index is 8.96. The van der Waals surface area contributed by atoms with E-state index < -0.39 is 9.39 Å². The Balaban J connectivity index is -0.000000245. The summed E-state index contributed by atoms with van der Waals surface area (Å²) in [6.07, 6.45) is 0. The van der Waals surface area contributed by atoms with Gasteiger partial charge in [0, 0.05) is 0 Å². The normalized spacial score (nSPS) is 12.7. The predicted molar refractivity (Wildman–Crippen MR) is 37.7 cm³/mol.